The number of fused-ring (bicyclic) bond motifs is 3. The first kappa shape index (κ1) is 13.6. The molecular formula is C17H16ClN3O. The number of hydrogen-bond acceptors (Lipinski definition) is 3. The third-order valence-electron chi connectivity index (χ3n) is 4.26. The summed E-state index contributed by atoms with van der Waals surface area (Å²) in [5.74, 6) is 0. The van der Waals surface area contributed by atoms with Crippen molar-refractivity contribution in [3.63, 3.8) is 0 Å². The van der Waals surface area contributed by atoms with Crippen LogP contribution in [0.2, 0.25) is 5.02 Å². The van der Waals surface area contributed by atoms with Gasteiger partial charge in [-0.25, -0.2) is 0 Å². The molecular weight excluding hydrogens is 298 g/mol. The van der Waals surface area contributed by atoms with E-state index in [1.807, 2.05) is 36.4 Å². The zero-order valence-electron chi connectivity index (χ0n) is 11.9. The first-order chi connectivity index (χ1) is 10.8. The van der Waals surface area contributed by atoms with E-state index >= 15 is 0 Å². The second-order valence-electron chi connectivity index (χ2n) is 5.58. The number of aromatic amines is 1. The predicted molar refractivity (Wildman–Crippen MR) is 88.7 cm³/mol. The summed E-state index contributed by atoms with van der Waals surface area (Å²) in [6.07, 6.45) is 0.976. The molecule has 0 radical (unpaired) electrons. The van der Waals surface area contributed by atoms with Crippen molar-refractivity contribution in [3.05, 3.63) is 64.3 Å². The Labute approximate surface area is 133 Å². The van der Waals surface area contributed by atoms with Crippen LogP contribution in [0.3, 0.4) is 0 Å². The highest BCUT2D eigenvalue weighted by molar-refractivity contribution is 6.31. The van der Waals surface area contributed by atoms with Crippen molar-refractivity contribution in [2.24, 2.45) is 0 Å². The van der Waals surface area contributed by atoms with Gasteiger partial charge >= 0.3 is 0 Å². The molecule has 0 amide bonds. The van der Waals surface area contributed by atoms with Crippen molar-refractivity contribution < 1.29 is 5.21 Å². The molecule has 3 aromatic rings. The monoisotopic (exact) mass is 313 g/mol. The van der Waals surface area contributed by atoms with E-state index in [1.165, 1.54) is 16.6 Å². The van der Waals surface area contributed by atoms with Crippen LogP contribution < -0.4 is 10.8 Å². The Morgan fingerprint density at radius 1 is 1.18 bits per heavy atom. The van der Waals surface area contributed by atoms with Crippen LogP contribution in [0.25, 0.3) is 10.9 Å². The Hall–Kier alpha value is -2.01. The lowest BCUT2D eigenvalue weighted by atomic mass is 9.94. The second kappa shape index (κ2) is 5.32. The Bertz CT molecular complexity index is 843. The first-order valence-corrected chi connectivity index (χ1v) is 7.67. The average Bonchev–Trinajstić information content (AvgIpc) is 2.93. The van der Waals surface area contributed by atoms with Crippen LogP contribution in [0.4, 0.5) is 5.69 Å². The Morgan fingerprint density at radius 2 is 2.09 bits per heavy atom. The lowest BCUT2D eigenvalue weighted by Crippen LogP contribution is -2.30. The van der Waals surface area contributed by atoms with Crippen LogP contribution in [0.1, 0.15) is 22.9 Å². The number of nitrogens with one attached hydrogen (secondary N) is 3. The van der Waals surface area contributed by atoms with Crippen LogP contribution in [0.15, 0.2) is 42.5 Å². The van der Waals surface area contributed by atoms with Crippen molar-refractivity contribution >= 4 is 28.2 Å². The van der Waals surface area contributed by atoms with Crippen molar-refractivity contribution in [1.82, 2.24) is 10.3 Å². The van der Waals surface area contributed by atoms with E-state index in [0.717, 1.165) is 29.1 Å². The van der Waals surface area contributed by atoms with Gasteiger partial charge in [-0.1, -0.05) is 23.7 Å². The summed E-state index contributed by atoms with van der Waals surface area (Å²) in [4.78, 5) is 3.53. The number of rotatable bonds is 2. The van der Waals surface area contributed by atoms with E-state index in [-0.39, 0.29) is 6.04 Å². The summed E-state index contributed by atoms with van der Waals surface area (Å²) < 4.78 is 0. The third kappa shape index (κ3) is 2.16. The number of anilines is 1. The van der Waals surface area contributed by atoms with Crippen LogP contribution in [-0.4, -0.2) is 16.7 Å². The molecule has 1 unspecified atom stereocenters. The molecule has 0 aliphatic carbocycles. The molecule has 0 saturated carbocycles. The second-order valence-corrected chi connectivity index (χ2v) is 6.02. The molecule has 4 rings (SSSR count). The number of H-pyrrole nitrogens is 1. The smallest absolute Gasteiger partial charge is 0.0733 e. The summed E-state index contributed by atoms with van der Waals surface area (Å²) in [6, 6.07) is 13.8. The number of benzene rings is 2. The molecule has 5 heteroatoms. The summed E-state index contributed by atoms with van der Waals surface area (Å²) >= 11 is 6.15. The van der Waals surface area contributed by atoms with Gasteiger partial charge in [-0.15, -0.1) is 0 Å². The zero-order valence-corrected chi connectivity index (χ0v) is 12.6. The van der Waals surface area contributed by atoms with Gasteiger partial charge in [-0.2, -0.15) is 0 Å². The largest absolute Gasteiger partial charge is 0.357 e. The standard InChI is InChI=1S/C17H16ClN3O/c18-11-4-5-15-14(9-11)13-6-7-19-16(17(13)20-15)10-2-1-3-12(8-10)21-22/h1-5,8-9,16,19-22H,6-7H2. The Kier molecular flexibility index (Phi) is 3.30. The Balaban J connectivity index is 1.86. The highest BCUT2D eigenvalue weighted by atomic mass is 35.5. The van der Waals surface area contributed by atoms with E-state index in [9.17, 15) is 0 Å². The minimum atomic E-state index is 0.0863. The van der Waals surface area contributed by atoms with Crippen molar-refractivity contribution in [1.29, 1.82) is 0 Å². The van der Waals surface area contributed by atoms with Crippen LogP contribution >= 0.6 is 11.6 Å². The fourth-order valence-corrected chi connectivity index (χ4v) is 3.44. The maximum absolute atomic E-state index is 9.11. The fourth-order valence-electron chi connectivity index (χ4n) is 3.27. The van der Waals surface area contributed by atoms with E-state index in [1.54, 1.807) is 0 Å². The molecule has 0 bridgehead atoms. The van der Waals surface area contributed by atoms with Crippen molar-refractivity contribution in [3.8, 4) is 0 Å². The third-order valence-corrected chi connectivity index (χ3v) is 4.50. The van der Waals surface area contributed by atoms with Gasteiger partial charge in [0.25, 0.3) is 0 Å². The van der Waals surface area contributed by atoms with Gasteiger partial charge in [0.2, 0.25) is 0 Å². The van der Waals surface area contributed by atoms with Crippen LogP contribution in [0.5, 0.6) is 0 Å². The number of halogens is 1. The molecule has 0 fully saturated rings. The lowest BCUT2D eigenvalue weighted by molar-refractivity contribution is 0.388. The molecule has 4 N–H and O–H groups in total. The van der Waals surface area contributed by atoms with Gasteiger partial charge < -0.3 is 10.3 Å². The SMILES string of the molecule is ONc1cccc(C2NCCc3c2[nH]c2ccc(Cl)cc32)c1. The van der Waals surface area contributed by atoms with Gasteiger partial charge in [0.1, 0.15) is 0 Å². The minimum Gasteiger partial charge on any atom is -0.357 e. The van der Waals surface area contributed by atoms with Gasteiger partial charge in [0.05, 0.1) is 11.7 Å². The highest BCUT2D eigenvalue weighted by Crippen LogP contribution is 2.35. The van der Waals surface area contributed by atoms with Gasteiger partial charge in [0, 0.05) is 28.2 Å². The first-order valence-electron chi connectivity index (χ1n) is 7.30. The normalized spacial score (nSPS) is 17.5. The lowest BCUT2D eigenvalue weighted by Gasteiger charge is -2.25. The maximum atomic E-state index is 9.11. The van der Waals surface area contributed by atoms with Crippen molar-refractivity contribution in [2.75, 3.05) is 12.0 Å². The predicted octanol–water partition coefficient (Wildman–Crippen LogP) is 3.86. The molecule has 1 aliphatic heterocycles. The molecule has 0 spiro atoms. The topological polar surface area (TPSA) is 60.1 Å². The van der Waals surface area contributed by atoms with Crippen LogP contribution in [-0.2, 0) is 6.42 Å². The van der Waals surface area contributed by atoms with E-state index < -0.39 is 0 Å². The molecule has 4 nitrogen and oxygen atoms in total. The minimum absolute atomic E-state index is 0.0863. The summed E-state index contributed by atoms with van der Waals surface area (Å²) in [6.45, 7) is 0.911. The van der Waals surface area contributed by atoms with Crippen LogP contribution in [0, 0.1) is 0 Å². The molecule has 1 atom stereocenters. The molecule has 0 saturated heterocycles. The van der Waals surface area contributed by atoms with Gasteiger partial charge in [-0.3, -0.25) is 10.7 Å². The van der Waals surface area contributed by atoms with Gasteiger partial charge in [-0.05, 0) is 47.9 Å². The van der Waals surface area contributed by atoms with E-state index in [2.05, 4.69) is 21.8 Å². The molecule has 112 valence electrons. The fraction of sp³-hybridized carbons (Fsp3) is 0.176. The molecule has 2 heterocycles. The quantitative estimate of drug-likeness (QED) is 0.543. The highest BCUT2D eigenvalue weighted by Gasteiger charge is 2.25. The van der Waals surface area contributed by atoms with Gasteiger partial charge in [0.15, 0.2) is 0 Å². The molecule has 2 aromatic carbocycles. The molecule has 1 aromatic heterocycles. The van der Waals surface area contributed by atoms with Crippen molar-refractivity contribution in [2.45, 2.75) is 12.5 Å². The maximum Gasteiger partial charge on any atom is 0.0733 e. The van der Waals surface area contributed by atoms with E-state index in [4.69, 9.17) is 16.8 Å². The zero-order chi connectivity index (χ0) is 15.1. The van der Waals surface area contributed by atoms with E-state index in [0.29, 0.717) is 5.69 Å². The average molecular weight is 314 g/mol. The Morgan fingerprint density at radius 3 is 2.95 bits per heavy atom. The number of aromatic nitrogens is 1. The number of hydrogen-bond donors (Lipinski definition) is 4. The summed E-state index contributed by atoms with van der Waals surface area (Å²) in [5.41, 5.74) is 7.62. The molecule has 1 aliphatic rings. The summed E-state index contributed by atoms with van der Waals surface area (Å²) in [5, 5.41) is 14.6. The summed E-state index contributed by atoms with van der Waals surface area (Å²) in [7, 11) is 0. The molecule has 22 heavy (non-hydrogen) atoms.